The highest BCUT2D eigenvalue weighted by molar-refractivity contribution is 5.92. The number of hydrogen-bond acceptors (Lipinski definition) is 9. The summed E-state index contributed by atoms with van der Waals surface area (Å²) in [6.45, 7) is 0.501. The van der Waals surface area contributed by atoms with Crippen LogP contribution >= 0.6 is 0 Å². The predicted octanol–water partition coefficient (Wildman–Crippen LogP) is 5.05. The first-order chi connectivity index (χ1) is 22.5. The summed E-state index contributed by atoms with van der Waals surface area (Å²) in [6, 6.07) is 10.7. The van der Waals surface area contributed by atoms with Crippen molar-refractivity contribution in [1.29, 1.82) is 0 Å². The second-order valence-corrected chi connectivity index (χ2v) is 8.48. The maximum Gasteiger partial charge on any atom is 0.341 e. The topological polar surface area (TPSA) is 132 Å². The highest BCUT2D eigenvalue weighted by Gasteiger charge is 2.14. The lowest BCUT2D eigenvalue weighted by atomic mass is 10.2. The minimum absolute atomic E-state index is 0.0551. The summed E-state index contributed by atoms with van der Waals surface area (Å²) in [5, 5.41) is 25.9. The van der Waals surface area contributed by atoms with E-state index >= 15 is 0 Å². The Morgan fingerprint density at radius 2 is 1.13 bits per heavy atom. The first kappa shape index (κ1) is 41.4. The van der Waals surface area contributed by atoms with Crippen LogP contribution in [0.3, 0.4) is 0 Å². The smallest absolute Gasteiger partial charge is 0.341 e. The van der Waals surface area contributed by atoms with E-state index < -0.39 is 29.4 Å². The minimum Gasteiger partial charge on any atom is -0.507 e. The molecular weight excluding hydrogens is 621 g/mol. The molecule has 0 saturated heterocycles. The van der Waals surface area contributed by atoms with Crippen LogP contribution in [-0.2, 0) is 16.1 Å². The molecule has 3 rings (SSSR count). The number of halogens is 3. The molecule has 0 heterocycles. The third kappa shape index (κ3) is 16.9. The standard InChI is InChI=1S/C12H11FO3.C11H11FO2.C8H7FO3.C4H6O/c1-3-4-7-16-11-6-5-9(13)8-10(11)12(14)15-2;1-2-3-6-14-11-5-4-10(12)7-9(11)8-13;1-12-8(11)6-4-5(9)2-3-7(6)10;1-2-3-4-5/h1,5-6,8H,4,7H2,2H3;1,4-5,7,13H,3,6,8H2;2-4,10H,1H3;1,5H,3-4H2. The number of phenols is 1. The van der Waals surface area contributed by atoms with E-state index in [1.54, 1.807) is 0 Å². The average molecular weight is 657 g/mol. The first-order valence-corrected chi connectivity index (χ1v) is 13.5. The van der Waals surface area contributed by atoms with Gasteiger partial charge in [-0.1, -0.05) is 0 Å². The number of terminal acetylenes is 3. The van der Waals surface area contributed by atoms with Crippen LogP contribution in [0.1, 0.15) is 45.5 Å². The van der Waals surface area contributed by atoms with Crippen molar-refractivity contribution in [1.82, 2.24) is 0 Å². The normalized spacial score (nSPS) is 9.11. The van der Waals surface area contributed by atoms with E-state index in [9.17, 15) is 22.8 Å². The van der Waals surface area contributed by atoms with Gasteiger partial charge in [-0.05, 0) is 54.6 Å². The Kier molecular flexibility index (Phi) is 21.7. The zero-order valence-electron chi connectivity index (χ0n) is 25.8. The molecule has 250 valence electrons. The molecule has 0 aliphatic carbocycles. The van der Waals surface area contributed by atoms with E-state index in [0.717, 1.165) is 31.4 Å². The van der Waals surface area contributed by atoms with E-state index in [2.05, 4.69) is 27.2 Å². The van der Waals surface area contributed by atoms with Gasteiger partial charge in [0.25, 0.3) is 0 Å². The second-order valence-electron chi connectivity index (χ2n) is 8.48. The molecule has 3 N–H and O–H groups in total. The predicted molar refractivity (Wildman–Crippen MR) is 168 cm³/mol. The van der Waals surface area contributed by atoms with Crippen LogP contribution in [0, 0.1) is 54.5 Å². The highest BCUT2D eigenvalue weighted by Crippen LogP contribution is 2.21. The lowest BCUT2D eigenvalue weighted by Crippen LogP contribution is -2.07. The van der Waals surface area contributed by atoms with Gasteiger partial charge in [0.15, 0.2) is 0 Å². The van der Waals surface area contributed by atoms with Crippen LogP contribution in [-0.4, -0.2) is 61.3 Å². The SMILES string of the molecule is C#CCCO.C#CCCOc1ccc(F)cc1C(=O)OC.C#CCCOc1ccc(F)cc1CO.COC(=O)c1cc(F)ccc1O. The second kappa shape index (κ2) is 24.7. The van der Waals surface area contributed by atoms with Crippen molar-refractivity contribution < 1.29 is 57.0 Å². The van der Waals surface area contributed by atoms with Crippen molar-refractivity contribution in [3.63, 3.8) is 0 Å². The largest absolute Gasteiger partial charge is 0.507 e. The van der Waals surface area contributed by atoms with Crippen molar-refractivity contribution in [2.24, 2.45) is 0 Å². The number of esters is 2. The maximum absolute atomic E-state index is 12.9. The van der Waals surface area contributed by atoms with Gasteiger partial charge >= 0.3 is 11.9 Å². The number of carbonyl (C=O) groups excluding carboxylic acids is 2. The van der Waals surface area contributed by atoms with Gasteiger partial charge < -0.3 is 34.3 Å². The molecule has 0 aliphatic rings. The van der Waals surface area contributed by atoms with Gasteiger partial charge in [0.05, 0.1) is 40.6 Å². The number of hydrogen-bond donors (Lipinski definition) is 3. The molecule has 0 spiro atoms. The molecule has 12 heteroatoms. The molecule has 0 aliphatic heterocycles. The van der Waals surface area contributed by atoms with E-state index in [0.29, 0.717) is 37.2 Å². The van der Waals surface area contributed by atoms with Gasteiger partial charge in [0.1, 0.15) is 45.8 Å². The minimum atomic E-state index is -0.757. The number of benzene rings is 3. The Morgan fingerprint density at radius 1 is 0.681 bits per heavy atom. The number of carbonyl (C=O) groups is 2. The third-order valence-electron chi connectivity index (χ3n) is 5.17. The van der Waals surface area contributed by atoms with Crippen LogP contribution in [0.15, 0.2) is 54.6 Å². The van der Waals surface area contributed by atoms with Crippen molar-refractivity contribution in [2.45, 2.75) is 25.9 Å². The number of aromatic hydroxyl groups is 1. The Labute approximate surface area is 271 Å². The van der Waals surface area contributed by atoms with Gasteiger partial charge in [-0.15, -0.1) is 37.0 Å². The highest BCUT2D eigenvalue weighted by atomic mass is 19.1. The van der Waals surface area contributed by atoms with Gasteiger partial charge in [-0.3, -0.25) is 0 Å². The molecule has 0 atom stereocenters. The summed E-state index contributed by atoms with van der Waals surface area (Å²) in [6.07, 6.45) is 16.2. The van der Waals surface area contributed by atoms with E-state index in [-0.39, 0.29) is 42.4 Å². The first-order valence-electron chi connectivity index (χ1n) is 13.5. The van der Waals surface area contributed by atoms with Crippen LogP contribution in [0.2, 0.25) is 0 Å². The van der Waals surface area contributed by atoms with Gasteiger partial charge in [-0.2, -0.15) is 0 Å². The Balaban J connectivity index is 0.000000634. The lowest BCUT2D eigenvalue weighted by molar-refractivity contribution is 0.0587. The van der Waals surface area contributed by atoms with Gasteiger partial charge in [0.2, 0.25) is 0 Å². The molecule has 0 aromatic heterocycles. The molecule has 0 unspecified atom stereocenters. The number of rotatable bonds is 10. The van der Waals surface area contributed by atoms with E-state index in [1.807, 2.05) is 0 Å². The van der Waals surface area contributed by atoms with Crippen molar-refractivity contribution >= 4 is 11.9 Å². The average Bonchev–Trinajstić information content (AvgIpc) is 3.07. The summed E-state index contributed by atoms with van der Waals surface area (Å²) in [5.74, 6) is 4.64. The number of ether oxygens (including phenoxy) is 4. The quantitative estimate of drug-likeness (QED) is 0.156. The number of aliphatic hydroxyl groups excluding tert-OH is 2. The Bertz CT molecular complexity index is 1540. The molecular formula is C35H35F3O9. The van der Waals surface area contributed by atoms with Crippen molar-refractivity contribution in [3.8, 4) is 54.3 Å². The summed E-state index contributed by atoms with van der Waals surface area (Å²) in [7, 11) is 2.38. The monoisotopic (exact) mass is 656 g/mol. The maximum atomic E-state index is 12.9. The molecule has 0 fully saturated rings. The molecule has 3 aromatic rings. The fourth-order valence-electron chi connectivity index (χ4n) is 3.00. The molecule has 47 heavy (non-hydrogen) atoms. The van der Waals surface area contributed by atoms with Crippen LogP contribution < -0.4 is 9.47 Å². The summed E-state index contributed by atoms with van der Waals surface area (Å²) >= 11 is 0. The van der Waals surface area contributed by atoms with Gasteiger partial charge in [0, 0.05) is 24.8 Å². The van der Waals surface area contributed by atoms with E-state index in [4.69, 9.17) is 44.1 Å². The zero-order valence-corrected chi connectivity index (χ0v) is 25.8. The summed E-state index contributed by atoms with van der Waals surface area (Å²) in [4.78, 5) is 22.1. The van der Waals surface area contributed by atoms with Crippen molar-refractivity contribution in [3.05, 3.63) is 88.7 Å². The van der Waals surface area contributed by atoms with Crippen molar-refractivity contribution in [2.75, 3.05) is 34.0 Å². The fourth-order valence-corrected chi connectivity index (χ4v) is 3.00. The summed E-state index contributed by atoms with van der Waals surface area (Å²) < 4.78 is 57.5. The molecule has 0 saturated carbocycles. The molecule has 0 bridgehead atoms. The molecule has 0 radical (unpaired) electrons. The van der Waals surface area contributed by atoms with E-state index in [1.165, 1.54) is 37.4 Å². The van der Waals surface area contributed by atoms with Crippen LogP contribution in [0.25, 0.3) is 0 Å². The third-order valence-corrected chi connectivity index (χ3v) is 5.17. The molecule has 0 amide bonds. The molecule has 3 aromatic carbocycles. The van der Waals surface area contributed by atoms with Crippen LogP contribution in [0.5, 0.6) is 17.2 Å². The number of aliphatic hydroxyl groups is 2. The lowest BCUT2D eigenvalue weighted by Gasteiger charge is -2.08. The summed E-state index contributed by atoms with van der Waals surface area (Å²) in [5.41, 5.74) is 0.319. The van der Waals surface area contributed by atoms with Crippen LogP contribution in [0.4, 0.5) is 13.2 Å². The Morgan fingerprint density at radius 3 is 1.60 bits per heavy atom. The Hall–Kier alpha value is -5.61. The fraction of sp³-hybridized carbons (Fsp3) is 0.257. The molecule has 9 nitrogen and oxygen atoms in total. The number of methoxy groups -OCH3 is 2. The van der Waals surface area contributed by atoms with Gasteiger partial charge in [-0.25, -0.2) is 22.8 Å². The number of phenolic OH excluding ortho intramolecular Hbond substituents is 1. The zero-order chi connectivity index (χ0) is 35.6.